The first-order valence-electron chi connectivity index (χ1n) is 12.3. The second-order valence-electron chi connectivity index (χ2n) is 9.47. The summed E-state index contributed by atoms with van der Waals surface area (Å²) in [6, 6.07) is 11.6. The molecule has 6 nitrogen and oxygen atoms in total. The van der Waals surface area contributed by atoms with Crippen LogP contribution in [-0.2, 0) is 34.3 Å². The molecule has 36 heavy (non-hydrogen) atoms. The van der Waals surface area contributed by atoms with Gasteiger partial charge >= 0.3 is 12.1 Å². The van der Waals surface area contributed by atoms with Crippen LogP contribution in [0.25, 0.3) is 0 Å². The third-order valence-electron chi connectivity index (χ3n) is 6.24. The van der Waals surface area contributed by atoms with E-state index in [2.05, 4.69) is 10.0 Å². The van der Waals surface area contributed by atoms with Crippen LogP contribution in [0, 0.1) is 0 Å². The van der Waals surface area contributed by atoms with Crippen LogP contribution in [0.2, 0.25) is 0 Å². The summed E-state index contributed by atoms with van der Waals surface area (Å²) in [5.41, 5.74) is 2.36. The highest BCUT2D eigenvalue weighted by atomic mass is 32.2. The van der Waals surface area contributed by atoms with Gasteiger partial charge in [-0.25, -0.2) is 8.42 Å². The summed E-state index contributed by atoms with van der Waals surface area (Å²) in [5.74, 6) is -1.89. The molecule has 1 heterocycles. The lowest BCUT2D eigenvalue weighted by atomic mass is 10.00. The first-order chi connectivity index (χ1) is 17.0. The molecule has 0 unspecified atom stereocenters. The number of hydrogen-bond acceptors (Lipinski definition) is 4. The summed E-state index contributed by atoms with van der Waals surface area (Å²) in [6.07, 6.45) is 2.72. The van der Waals surface area contributed by atoms with Crippen molar-refractivity contribution in [3.63, 3.8) is 0 Å². The molecule has 2 aromatic carbocycles. The van der Waals surface area contributed by atoms with Crippen LogP contribution >= 0.6 is 0 Å². The van der Waals surface area contributed by atoms with Gasteiger partial charge in [0, 0.05) is 25.7 Å². The van der Waals surface area contributed by atoms with Crippen molar-refractivity contribution in [2.45, 2.75) is 82.6 Å². The maximum Gasteiger partial charge on any atom is 0.471 e. The number of sulfonamides is 1. The molecule has 1 amide bonds. The van der Waals surface area contributed by atoms with E-state index in [9.17, 15) is 26.4 Å². The molecule has 1 aliphatic heterocycles. The predicted molar refractivity (Wildman–Crippen MR) is 134 cm³/mol. The van der Waals surface area contributed by atoms with Gasteiger partial charge in [-0.3, -0.25) is 9.52 Å². The first-order valence-corrected chi connectivity index (χ1v) is 13.8. The van der Waals surface area contributed by atoms with Crippen molar-refractivity contribution in [1.82, 2.24) is 10.2 Å². The summed E-state index contributed by atoms with van der Waals surface area (Å²) in [5, 5.41) is 3.25. The lowest BCUT2D eigenvalue weighted by molar-refractivity contribution is -0.186. The Bertz CT molecular complexity index is 1140. The molecule has 0 saturated heterocycles. The van der Waals surface area contributed by atoms with Crippen LogP contribution in [0.15, 0.2) is 47.4 Å². The molecule has 2 aromatic rings. The quantitative estimate of drug-likeness (QED) is 0.531. The van der Waals surface area contributed by atoms with Gasteiger partial charge in [0.2, 0.25) is 0 Å². The SMILES string of the molecule is C1CCCC1.CC(C)NCc1ccccc1NS(=O)(=O)c1ccc2c(c1)CCN(C(=O)C(F)(F)F)C2. The van der Waals surface area contributed by atoms with Crippen LogP contribution in [0.1, 0.15) is 62.6 Å². The van der Waals surface area contributed by atoms with Crippen molar-refractivity contribution >= 4 is 21.6 Å². The molecule has 1 fully saturated rings. The zero-order valence-corrected chi connectivity index (χ0v) is 21.5. The number of benzene rings is 2. The number of nitrogens with zero attached hydrogens (tertiary/aromatic N) is 1. The Morgan fingerprint density at radius 2 is 1.64 bits per heavy atom. The Morgan fingerprint density at radius 3 is 2.25 bits per heavy atom. The maximum absolute atomic E-state index is 12.9. The Kier molecular flexibility index (Phi) is 9.41. The third-order valence-corrected chi connectivity index (χ3v) is 7.61. The van der Waals surface area contributed by atoms with E-state index in [1.54, 1.807) is 12.1 Å². The van der Waals surface area contributed by atoms with Crippen molar-refractivity contribution in [2.75, 3.05) is 11.3 Å². The van der Waals surface area contributed by atoms with Gasteiger partial charge in [0.25, 0.3) is 10.0 Å². The summed E-state index contributed by atoms with van der Waals surface area (Å²) >= 11 is 0. The first kappa shape index (κ1) is 28.0. The van der Waals surface area contributed by atoms with Crippen molar-refractivity contribution < 1.29 is 26.4 Å². The number of carbonyl (C=O) groups excluding carboxylic acids is 1. The smallest absolute Gasteiger partial charge is 0.330 e. The number of anilines is 1. The van der Waals surface area contributed by atoms with Crippen molar-refractivity contribution in [2.24, 2.45) is 0 Å². The lowest BCUT2D eigenvalue weighted by Crippen LogP contribution is -2.43. The van der Waals surface area contributed by atoms with Crippen LogP contribution < -0.4 is 10.0 Å². The van der Waals surface area contributed by atoms with Crippen molar-refractivity contribution in [3.05, 3.63) is 59.2 Å². The summed E-state index contributed by atoms with van der Waals surface area (Å²) in [4.78, 5) is 12.2. The number of amides is 1. The monoisotopic (exact) mass is 525 g/mol. The second-order valence-corrected chi connectivity index (χ2v) is 11.2. The fraction of sp³-hybridized carbons (Fsp3) is 0.500. The van der Waals surface area contributed by atoms with Gasteiger partial charge in [0.05, 0.1) is 10.6 Å². The molecule has 0 spiro atoms. The number of halogens is 3. The van der Waals surface area contributed by atoms with Gasteiger partial charge in [-0.2, -0.15) is 13.2 Å². The van der Waals surface area contributed by atoms with Gasteiger partial charge in [0.15, 0.2) is 0 Å². The van der Waals surface area contributed by atoms with Crippen LogP contribution in [0.4, 0.5) is 18.9 Å². The van der Waals surface area contributed by atoms with Gasteiger partial charge in [-0.1, -0.05) is 70.2 Å². The summed E-state index contributed by atoms with van der Waals surface area (Å²) in [6.45, 7) is 4.15. The molecule has 10 heteroatoms. The van der Waals surface area contributed by atoms with Crippen LogP contribution in [-0.4, -0.2) is 38.0 Å². The summed E-state index contributed by atoms with van der Waals surface area (Å²) < 4.78 is 66.5. The molecular weight excluding hydrogens is 491 g/mol. The highest BCUT2D eigenvalue weighted by Gasteiger charge is 2.43. The highest BCUT2D eigenvalue weighted by Crippen LogP contribution is 2.28. The van der Waals surface area contributed by atoms with Gasteiger partial charge in [-0.05, 0) is 41.3 Å². The maximum atomic E-state index is 12.9. The number of nitrogens with one attached hydrogen (secondary N) is 2. The van der Waals surface area contributed by atoms with Gasteiger partial charge in [0.1, 0.15) is 0 Å². The molecule has 0 aromatic heterocycles. The number of carbonyl (C=O) groups is 1. The minimum Gasteiger partial charge on any atom is -0.330 e. The van der Waals surface area contributed by atoms with E-state index < -0.39 is 22.1 Å². The molecule has 0 atom stereocenters. The van der Waals surface area contributed by atoms with E-state index >= 15 is 0 Å². The highest BCUT2D eigenvalue weighted by molar-refractivity contribution is 7.92. The standard InChI is InChI=1S/C21H24F3N3O3S.C5H10/c1-14(2)25-12-16-5-3-4-6-19(16)26-31(29,30)18-8-7-17-13-27(10-9-15(17)11-18)20(28)21(22,23)24;1-2-4-5-3-1/h3-8,11,14,25-26H,9-10,12-13H2,1-2H3;1-5H2. The van der Waals surface area contributed by atoms with E-state index in [1.807, 2.05) is 26.0 Å². The zero-order valence-electron chi connectivity index (χ0n) is 20.7. The number of para-hydroxylation sites is 1. The molecule has 1 saturated carbocycles. The minimum atomic E-state index is -4.93. The third kappa shape index (κ3) is 7.70. The van der Waals surface area contributed by atoms with Crippen molar-refractivity contribution in [3.8, 4) is 0 Å². The largest absolute Gasteiger partial charge is 0.471 e. The molecular formula is C26H34F3N3O3S. The fourth-order valence-electron chi connectivity index (χ4n) is 4.22. The van der Waals surface area contributed by atoms with Crippen molar-refractivity contribution in [1.29, 1.82) is 0 Å². The van der Waals surface area contributed by atoms with Gasteiger partial charge in [-0.15, -0.1) is 0 Å². The Balaban J connectivity index is 0.000000642. The molecule has 2 aliphatic rings. The van der Waals surface area contributed by atoms with E-state index in [0.29, 0.717) is 23.4 Å². The van der Waals surface area contributed by atoms with E-state index in [1.165, 1.54) is 50.3 Å². The van der Waals surface area contributed by atoms with Crippen LogP contribution in [0.3, 0.4) is 0 Å². The Labute approximate surface area is 211 Å². The predicted octanol–water partition coefficient (Wildman–Crippen LogP) is 5.38. The molecule has 198 valence electrons. The lowest BCUT2D eigenvalue weighted by Gasteiger charge is -2.29. The fourth-order valence-corrected chi connectivity index (χ4v) is 5.38. The normalized spacial score (nSPS) is 15.8. The number of alkyl halides is 3. The topological polar surface area (TPSA) is 78.5 Å². The minimum absolute atomic E-state index is 0.0217. The molecule has 4 rings (SSSR count). The average Bonchev–Trinajstić information content (AvgIpc) is 3.42. The van der Waals surface area contributed by atoms with E-state index in [-0.39, 0.29) is 30.4 Å². The van der Waals surface area contributed by atoms with E-state index in [0.717, 1.165) is 10.5 Å². The molecule has 2 N–H and O–H groups in total. The number of hydrogen-bond donors (Lipinski definition) is 2. The zero-order chi connectivity index (χ0) is 26.3. The number of rotatable bonds is 6. The number of fused-ring (bicyclic) bond motifs is 1. The molecule has 0 radical (unpaired) electrons. The summed E-state index contributed by atoms with van der Waals surface area (Å²) in [7, 11) is -3.90. The Hall–Kier alpha value is -2.59. The molecule has 1 aliphatic carbocycles. The van der Waals surface area contributed by atoms with Gasteiger partial charge < -0.3 is 10.2 Å². The van der Waals surface area contributed by atoms with Crippen LogP contribution in [0.5, 0.6) is 0 Å². The Morgan fingerprint density at radius 1 is 1.00 bits per heavy atom. The van der Waals surface area contributed by atoms with E-state index in [4.69, 9.17) is 0 Å². The second kappa shape index (κ2) is 12.1. The molecule has 0 bridgehead atoms. The average molecular weight is 526 g/mol.